The second-order valence-corrected chi connectivity index (χ2v) is 1.89. The van der Waals surface area contributed by atoms with Crippen LogP contribution < -0.4 is 0 Å². The molecule has 3 heteroatoms. The molecule has 0 spiro atoms. The van der Waals surface area contributed by atoms with Crippen molar-refractivity contribution in [3.8, 4) is 5.40 Å². The van der Waals surface area contributed by atoms with Gasteiger partial charge in [-0.15, -0.1) is 11.6 Å². The summed E-state index contributed by atoms with van der Waals surface area (Å²) in [6.45, 7) is 0. The van der Waals surface area contributed by atoms with Crippen LogP contribution in [0.3, 0.4) is 0 Å². The molecule has 0 aliphatic carbocycles. The summed E-state index contributed by atoms with van der Waals surface area (Å²) in [4.78, 5) is 0. The summed E-state index contributed by atoms with van der Waals surface area (Å²) < 4.78 is 0. The molecule has 0 rings (SSSR count). The van der Waals surface area contributed by atoms with Crippen LogP contribution in [0.25, 0.3) is 0 Å². The Morgan fingerprint density at radius 1 is 1.83 bits per heavy atom. The lowest BCUT2D eigenvalue weighted by molar-refractivity contribution is 1.53. The van der Waals surface area contributed by atoms with Gasteiger partial charge in [-0.3, -0.25) is 0 Å². The van der Waals surface area contributed by atoms with E-state index in [0.717, 1.165) is 5.75 Å². The van der Waals surface area contributed by atoms with Gasteiger partial charge in [-0.1, -0.05) is 0 Å². The zero-order valence-electron chi connectivity index (χ0n) is 3.15. The number of alkyl halides is 1. The topological polar surface area (TPSA) is 23.8 Å². The van der Waals surface area contributed by atoms with Crippen LogP contribution in [-0.2, 0) is 0 Å². The van der Waals surface area contributed by atoms with Gasteiger partial charge in [-0.25, -0.2) is 0 Å². The van der Waals surface area contributed by atoms with E-state index in [4.69, 9.17) is 16.9 Å². The van der Waals surface area contributed by atoms with E-state index in [2.05, 4.69) is 0 Å². The summed E-state index contributed by atoms with van der Waals surface area (Å²) in [7, 11) is 0. The van der Waals surface area contributed by atoms with Crippen molar-refractivity contribution >= 4 is 23.4 Å². The molecule has 34 valence electrons. The molecule has 0 heterocycles. The van der Waals surface area contributed by atoms with Crippen LogP contribution in [0, 0.1) is 10.7 Å². The van der Waals surface area contributed by atoms with Gasteiger partial charge in [0.25, 0.3) is 0 Å². The van der Waals surface area contributed by atoms with Crippen LogP contribution in [0.4, 0.5) is 0 Å². The van der Waals surface area contributed by atoms with Crippen LogP contribution in [0.15, 0.2) is 0 Å². The molecule has 0 atom stereocenters. The van der Waals surface area contributed by atoms with Crippen LogP contribution in [0.1, 0.15) is 0 Å². The average molecular weight is 122 g/mol. The third-order valence-corrected chi connectivity index (χ3v) is 1.19. The molecular weight excluding hydrogens is 118 g/mol. The van der Waals surface area contributed by atoms with Gasteiger partial charge in [0, 0.05) is 11.6 Å². The first-order valence-electron chi connectivity index (χ1n) is 1.48. The van der Waals surface area contributed by atoms with Crippen LogP contribution in [0.2, 0.25) is 0 Å². The van der Waals surface area contributed by atoms with E-state index in [0.29, 0.717) is 5.88 Å². The Hall–Kier alpha value is 0.130. The monoisotopic (exact) mass is 121 g/mol. The molecular formula is C3H4ClNS. The predicted molar refractivity (Wildman–Crippen MR) is 28.8 cm³/mol. The van der Waals surface area contributed by atoms with Crippen LogP contribution >= 0.6 is 23.4 Å². The van der Waals surface area contributed by atoms with Crippen molar-refractivity contribution in [2.75, 3.05) is 11.6 Å². The summed E-state index contributed by atoms with van der Waals surface area (Å²) in [5.41, 5.74) is 0. The lowest BCUT2D eigenvalue weighted by Crippen LogP contribution is -1.71. The number of hydrogen-bond donors (Lipinski definition) is 0. The Labute approximate surface area is 46.3 Å². The summed E-state index contributed by atoms with van der Waals surface area (Å²) in [6.07, 6.45) is 0. The highest BCUT2D eigenvalue weighted by atomic mass is 35.5. The predicted octanol–water partition coefficient (Wildman–Crippen LogP) is 1.44. The standard InChI is InChI=1S/C3H4ClNS/c4-1-2-6-3-5/h1-2H2. The third-order valence-electron chi connectivity index (χ3n) is 0.244. The number of nitrogens with zero attached hydrogens (tertiary/aromatic N) is 1. The zero-order chi connectivity index (χ0) is 4.83. The van der Waals surface area contributed by atoms with Gasteiger partial charge in [0.05, 0.1) is 0 Å². The summed E-state index contributed by atoms with van der Waals surface area (Å²) in [6, 6.07) is 0. The summed E-state index contributed by atoms with van der Waals surface area (Å²) in [5, 5.41) is 9.75. The highest BCUT2D eigenvalue weighted by Gasteiger charge is 1.76. The SMILES string of the molecule is N#CSCCCl. The highest BCUT2D eigenvalue weighted by molar-refractivity contribution is 8.03. The molecule has 0 fully saturated rings. The maximum Gasteiger partial charge on any atom is 0.133 e. The van der Waals surface area contributed by atoms with Crippen LogP contribution in [0.5, 0.6) is 0 Å². The van der Waals surface area contributed by atoms with Crippen molar-refractivity contribution in [1.29, 1.82) is 5.26 Å². The van der Waals surface area contributed by atoms with Crippen molar-refractivity contribution < 1.29 is 0 Å². The Kier molecular flexibility index (Phi) is 5.24. The molecule has 0 aromatic rings. The van der Waals surface area contributed by atoms with E-state index in [1.165, 1.54) is 11.8 Å². The van der Waals surface area contributed by atoms with Crippen molar-refractivity contribution in [3.63, 3.8) is 0 Å². The Morgan fingerprint density at radius 3 is 2.67 bits per heavy atom. The fourth-order valence-corrected chi connectivity index (χ4v) is 0.484. The quantitative estimate of drug-likeness (QED) is 0.314. The summed E-state index contributed by atoms with van der Waals surface area (Å²) in [5.74, 6) is 1.30. The highest BCUT2D eigenvalue weighted by Crippen LogP contribution is 1.94. The van der Waals surface area contributed by atoms with Gasteiger partial charge in [0.1, 0.15) is 5.40 Å². The first kappa shape index (κ1) is 6.13. The minimum absolute atomic E-state index is 0.568. The Morgan fingerprint density at radius 2 is 2.50 bits per heavy atom. The normalized spacial score (nSPS) is 7.33. The number of thiocyanates is 1. The Bertz CT molecular complexity index is 58.3. The lowest BCUT2D eigenvalue weighted by atomic mass is 11.0. The molecule has 0 aromatic heterocycles. The molecule has 0 radical (unpaired) electrons. The van der Waals surface area contributed by atoms with E-state index in [9.17, 15) is 0 Å². The third kappa shape index (κ3) is 4.13. The molecule has 6 heavy (non-hydrogen) atoms. The van der Waals surface area contributed by atoms with Gasteiger partial charge in [-0.2, -0.15) is 5.26 Å². The fraction of sp³-hybridized carbons (Fsp3) is 0.667. The van der Waals surface area contributed by atoms with Gasteiger partial charge < -0.3 is 0 Å². The number of hydrogen-bond acceptors (Lipinski definition) is 2. The first-order chi connectivity index (χ1) is 2.91. The molecule has 0 aliphatic heterocycles. The number of thioether (sulfide) groups is 1. The van der Waals surface area contributed by atoms with E-state index >= 15 is 0 Å². The number of halogens is 1. The van der Waals surface area contributed by atoms with E-state index in [1.54, 1.807) is 0 Å². The molecule has 0 N–H and O–H groups in total. The maximum absolute atomic E-state index is 7.85. The number of nitriles is 1. The molecule has 0 unspecified atom stereocenters. The van der Waals surface area contributed by atoms with E-state index in [1.807, 2.05) is 5.40 Å². The first-order valence-corrected chi connectivity index (χ1v) is 3.00. The average Bonchev–Trinajstić information content (AvgIpc) is 1.61. The van der Waals surface area contributed by atoms with Gasteiger partial charge in [0.2, 0.25) is 0 Å². The molecule has 1 nitrogen and oxygen atoms in total. The minimum atomic E-state index is 0.568. The fourth-order valence-electron chi connectivity index (χ4n) is 0.0842. The smallest absolute Gasteiger partial charge is 0.133 e. The molecule has 0 aromatic carbocycles. The van der Waals surface area contributed by atoms with Gasteiger partial charge in [0.15, 0.2) is 0 Å². The van der Waals surface area contributed by atoms with E-state index < -0.39 is 0 Å². The largest absolute Gasteiger partial charge is 0.185 e. The molecule has 0 amide bonds. The van der Waals surface area contributed by atoms with Crippen molar-refractivity contribution in [3.05, 3.63) is 0 Å². The minimum Gasteiger partial charge on any atom is -0.185 e. The zero-order valence-corrected chi connectivity index (χ0v) is 4.72. The summed E-state index contributed by atoms with van der Waals surface area (Å²) >= 11 is 6.39. The van der Waals surface area contributed by atoms with Crippen molar-refractivity contribution in [2.24, 2.45) is 0 Å². The van der Waals surface area contributed by atoms with Crippen LogP contribution in [-0.4, -0.2) is 11.6 Å². The molecule has 0 bridgehead atoms. The Balaban J connectivity index is 2.54. The van der Waals surface area contributed by atoms with Crippen molar-refractivity contribution in [1.82, 2.24) is 0 Å². The molecule has 0 saturated heterocycles. The lowest BCUT2D eigenvalue weighted by Gasteiger charge is -1.75. The van der Waals surface area contributed by atoms with E-state index in [-0.39, 0.29) is 0 Å². The number of rotatable bonds is 2. The second-order valence-electron chi connectivity index (χ2n) is 0.629. The second kappa shape index (κ2) is 5.13. The van der Waals surface area contributed by atoms with Gasteiger partial charge >= 0.3 is 0 Å². The molecule has 0 aliphatic rings. The van der Waals surface area contributed by atoms with Crippen molar-refractivity contribution in [2.45, 2.75) is 0 Å². The maximum atomic E-state index is 7.85. The molecule has 0 saturated carbocycles. The van der Waals surface area contributed by atoms with Gasteiger partial charge in [-0.05, 0) is 11.8 Å².